The molecule has 3 aromatic heterocycles. The molecule has 3 heterocycles. The molecule has 0 spiro atoms. The van der Waals surface area contributed by atoms with E-state index in [1.54, 1.807) is 43.3 Å². The minimum atomic E-state index is -0.561. The van der Waals surface area contributed by atoms with Gasteiger partial charge in [-0.15, -0.1) is 0 Å². The third-order valence-electron chi connectivity index (χ3n) is 5.39. The summed E-state index contributed by atoms with van der Waals surface area (Å²) >= 11 is 2.16. The van der Waals surface area contributed by atoms with Crippen LogP contribution in [-0.4, -0.2) is 24.3 Å². The fourth-order valence-electron chi connectivity index (χ4n) is 3.77. The van der Waals surface area contributed by atoms with Crippen molar-refractivity contribution in [3.05, 3.63) is 94.7 Å². The standard InChI is InChI=1S/C23H14IN5O3/c1-12-15(10-16-21(30)27-29(23(16)32)14-8-6-13(24)7-9-14)22(31)28-19-5-3-2-4-18(19)26-20(28)17(12)11-25/h2-10,32H,1H3,(H,27,30). The molecule has 0 bridgehead atoms. The molecular weight excluding hydrogens is 521 g/mol. The number of hydrogen-bond acceptors (Lipinski definition) is 5. The highest BCUT2D eigenvalue weighted by Gasteiger charge is 2.18. The summed E-state index contributed by atoms with van der Waals surface area (Å²) in [5.41, 5.74) is 1.55. The van der Waals surface area contributed by atoms with E-state index < -0.39 is 11.1 Å². The first-order chi connectivity index (χ1) is 15.4. The van der Waals surface area contributed by atoms with Gasteiger partial charge in [-0.25, -0.2) is 9.67 Å². The van der Waals surface area contributed by atoms with Gasteiger partial charge in [0.15, 0.2) is 5.65 Å². The van der Waals surface area contributed by atoms with Crippen LogP contribution in [0.5, 0.6) is 5.88 Å². The highest BCUT2D eigenvalue weighted by Crippen LogP contribution is 2.21. The number of nitriles is 1. The number of pyridine rings is 1. The van der Waals surface area contributed by atoms with Crippen molar-refractivity contribution in [3.63, 3.8) is 0 Å². The van der Waals surface area contributed by atoms with Crippen molar-refractivity contribution in [1.29, 1.82) is 5.26 Å². The third-order valence-corrected chi connectivity index (χ3v) is 6.11. The number of aromatic hydroxyl groups is 1. The lowest BCUT2D eigenvalue weighted by atomic mass is 10.1. The zero-order valence-corrected chi connectivity index (χ0v) is 18.8. The van der Waals surface area contributed by atoms with Crippen molar-refractivity contribution in [2.45, 2.75) is 6.92 Å². The molecule has 0 unspecified atom stereocenters. The SMILES string of the molecule is Cc1c(C#N)c2nc3ccccc3n2c(=O)c1=Cc1c(O)n(-c2ccc(I)cc2)[nH]c1=O. The molecule has 2 N–H and O–H groups in total. The number of fused-ring (bicyclic) bond motifs is 3. The van der Waals surface area contributed by atoms with E-state index in [9.17, 15) is 20.0 Å². The molecule has 0 aliphatic heterocycles. The molecule has 0 amide bonds. The smallest absolute Gasteiger partial charge is 0.275 e. The first-order valence-electron chi connectivity index (χ1n) is 9.56. The second-order valence-electron chi connectivity index (χ2n) is 7.22. The molecule has 8 nitrogen and oxygen atoms in total. The molecule has 0 saturated carbocycles. The molecule has 5 rings (SSSR count). The molecular formula is C23H14IN5O3. The van der Waals surface area contributed by atoms with E-state index in [1.807, 2.05) is 12.1 Å². The van der Waals surface area contributed by atoms with Crippen LogP contribution in [0.25, 0.3) is 28.4 Å². The van der Waals surface area contributed by atoms with Gasteiger partial charge >= 0.3 is 0 Å². The number of nitrogens with one attached hydrogen (secondary N) is 1. The maximum Gasteiger partial charge on any atom is 0.275 e. The van der Waals surface area contributed by atoms with Gasteiger partial charge in [-0.05, 0) is 77.6 Å². The van der Waals surface area contributed by atoms with Crippen molar-refractivity contribution < 1.29 is 5.11 Å². The van der Waals surface area contributed by atoms with Gasteiger partial charge in [0, 0.05) is 8.79 Å². The summed E-state index contributed by atoms with van der Waals surface area (Å²) in [7, 11) is 0. The number of rotatable bonds is 2. The number of halogens is 1. The second kappa shape index (κ2) is 7.35. The van der Waals surface area contributed by atoms with Crippen LogP contribution in [-0.2, 0) is 0 Å². The molecule has 5 aromatic rings. The first kappa shape index (κ1) is 20.0. The fourth-order valence-corrected chi connectivity index (χ4v) is 4.13. The summed E-state index contributed by atoms with van der Waals surface area (Å²) in [6, 6.07) is 16.4. The Hall–Kier alpha value is -3.91. The molecule has 0 saturated heterocycles. The van der Waals surface area contributed by atoms with Crippen LogP contribution in [0.3, 0.4) is 0 Å². The van der Waals surface area contributed by atoms with Gasteiger partial charge in [0.25, 0.3) is 11.1 Å². The quantitative estimate of drug-likeness (QED) is 0.337. The highest BCUT2D eigenvalue weighted by atomic mass is 127. The minimum Gasteiger partial charge on any atom is -0.493 e. The summed E-state index contributed by atoms with van der Waals surface area (Å²) in [6.45, 7) is 1.63. The largest absolute Gasteiger partial charge is 0.493 e. The highest BCUT2D eigenvalue weighted by molar-refractivity contribution is 14.1. The summed E-state index contributed by atoms with van der Waals surface area (Å²) in [6.07, 6.45) is 1.32. The Morgan fingerprint density at radius 3 is 2.59 bits per heavy atom. The average Bonchev–Trinajstić information content (AvgIpc) is 3.30. The van der Waals surface area contributed by atoms with Gasteiger partial charge < -0.3 is 5.11 Å². The van der Waals surface area contributed by atoms with Crippen LogP contribution in [0.15, 0.2) is 58.1 Å². The summed E-state index contributed by atoms with van der Waals surface area (Å²) in [4.78, 5) is 30.5. The summed E-state index contributed by atoms with van der Waals surface area (Å²) in [5.74, 6) is -0.330. The number of imidazole rings is 1. The first-order valence-corrected chi connectivity index (χ1v) is 10.6. The Morgan fingerprint density at radius 1 is 1.16 bits per heavy atom. The lowest BCUT2D eigenvalue weighted by molar-refractivity contribution is 0.432. The number of aromatic amines is 1. The maximum atomic E-state index is 13.4. The number of hydrogen-bond donors (Lipinski definition) is 2. The minimum absolute atomic E-state index is 0.0728. The molecule has 0 fully saturated rings. The Morgan fingerprint density at radius 2 is 1.88 bits per heavy atom. The van der Waals surface area contributed by atoms with E-state index in [0.717, 1.165) is 3.57 Å². The Kier molecular flexibility index (Phi) is 4.60. The monoisotopic (exact) mass is 535 g/mol. The van der Waals surface area contributed by atoms with E-state index in [2.05, 4.69) is 38.7 Å². The number of aromatic nitrogens is 4. The van der Waals surface area contributed by atoms with E-state index >= 15 is 0 Å². The van der Waals surface area contributed by atoms with Gasteiger partial charge in [0.1, 0.15) is 11.6 Å². The van der Waals surface area contributed by atoms with Gasteiger partial charge in [-0.1, -0.05) is 12.1 Å². The van der Waals surface area contributed by atoms with Crippen LogP contribution in [0, 0.1) is 21.8 Å². The molecule has 2 aromatic carbocycles. The molecule has 0 radical (unpaired) electrons. The second-order valence-corrected chi connectivity index (χ2v) is 8.47. The molecule has 9 heteroatoms. The molecule has 32 heavy (non-hydrogen) atoms. The van der Waals surface area contributed by atoms with Crippen molar-refractivity contribution in [1.82, 2.24) is 19.2 Å². The van der Waals surface area contributed by atoms with Crippen molar-refractivity contribution in [3.8, 4) is 17.6 Å². The van der Waals surface area contributed by atoms with Crippen molar-refractivity contribution >= 4 is 45.3 Å². The summed E-state index contributed by atoms with van der Waals surface area (Å²) < 4.78 is 3.62. The van der Waals surface area contributed by atoms with Crippen LogP contribution in [0.2, 0.25) is 0 Å². The van der Waals surface area contributed by atoms with Gasteiger partial charge in [-0.2, -0.15) is 5.26 Å². The van der Waals surface area contributed by atoms with Crippen LogP contribution in [0.1, 0.15) is 16.7 Å². The Labute approximate surface area is 193 Å². The molecule has 0 atom stereocenters. The topological polar surface area (TPSA) is 116 Å². The van der Waals surface area contributed by atoms with E-state index in [0.29, 0.717) is 22.3 Å². The number of para-hydroxylation sites is 2. The molecule has 156 valence electrons. The molecule has 0 aliphatic rings. The van der Waals surface area contributed by atoms with Gasteiger partial charge in [0.05, 0.1) is 22.3 Å². The van der Waals surface area contributed by atoms with Crippen molar-refractivity contribution in [2.24, 2.45) is 0 Å². The Bertz CT molecular complexity index is 1760. The van der Waals surface area contributed by atoms with Gasteiger partial charge in [0.2, 0.25) is 5.88 Å². The number of nitrogens with zero attached hydrogens (tertiary/aromatic N) is 4. The van der Waals surface area contributed by atoms with Crippen molar-refractivity contribution in [2.75, 3.05) is 0 Å². The fraction of sp³-hybridized carbons (Fsp3) is 0.0435. The normalized spacial score (nSPS) is 12.0. The summed E-state index contributed by atoms with van der Waals surface area (Å²) in [5, 5.41) is 23.3. The van der Waals surface area contributed by atoms with E-state index in [4.69, 9.17) is 0 Å². The zero-order chi connectivity index (χ0) is 22.6. The van der Waals surface area contributed by atoms with Crippen LogP contribution < -0.4 is 16.3 Å². The average molecular weight is 535 g/mol. The number of benzene rings is 2. The molecule has 0 aliphatic carbocycles. The third kappa shape index (κ3) is 2.91. The van der Waals surface area contributed by atoms with Gasteiger partial charge in [-0.3, -0.25) is 19.1 Å². The predicted molar refractivity (Wildman–Crippen MR) is 128 cm³/mol. The van der Waals surface area contributed by atoms with E-state index in [-0.39, 0.29) is 27.9 Å². The Balaban J connectivity index is 1.85. The van der Waals surface area contributed by atoms with Crippen LogP contribution >= 0.6 is 22.6 Å². The zero-order valence-electron chi connectivity index (χ0n) is 16.6. The van der Waals surface area contributed by atoms with Crippen LogP contribution in [0.4, 0.5) is 0 Å². The lowest BCUT2D eigenvalue weighted by Crippen LogP contribution is -2.34. The number of H-pyrrole nitrogens is 1. The van der Waals surface area contributed by atoms with E-state index in [1.165, 1.54) is 15.2 Å². The lowest BCUT2D eigenvalue weighted by Gasteiger charge is -2.04. The predicted octanol–water partition coefficient (Wildman–Crippen LogP) is 2.36. The maximum absolute atomic E-state index is 13.4.